The molecule has 2 aromatic rings. The van der Waals surface area contributed by atoms with E-state index < -0.39 is 12.0 Å². The summed E-state index contributed by atoms with van der Waals surface area (Å²) in [6.07, 6.45) is 0.760. The number of carboxylic acids is 1. The Labute approximate surface area is 149 Å². The number of ether oxygens (including phenoxy) is 1. The fourth-order valence-electron chi connectivity index (χ4n) is 3.30. The third-order valence-corrected chi connectivity index (χ3v) is 5.78. The number of hydrogen-bond acceptors (Lipinski definition) is 4. The number of thioether (sulfide) groups is 1. The highest BCUT2D eigenvalue weighted by Gasteiger charge is 2.32. The van der Waals surface area contributed by atoms with Gasteiger partial charge in [-0.2, -0.15) is 0 Å². The molecule has 1 amide bonds. The van der Waals surface area contributed by atoms with Crippen LogP contribution in [-0.4, -0.2) is 29.3 Å². The molecule has 0 aromatic heterocycles. The standard InChI is InChI=1S/C19H17NO4S/c21-18(14-10-25-16-4-2-1-3-13(14)16)20-17(19(22)23)12-5-6-15-11(9-12)7-8-24-15/h1-6,9,14,17H,7-8,10H2,(H,20,21)(H,22,23). The number of hydrogen-bond donors (Lipinski definition) is 2. The molecule has 2 aromatic carbocycles. The van der Waals surface area contributed by atoms with Crippen molar-refractivity contribution in [2.75, 3.05) is 12.4 Å². The van der Waals surface area contributed by atoms with Crippen LogP contribution in [-0.2, 0) is 16.0 Å². The molecule has 0 bridgehead atoms. The zero-order valence-corrected chi connectivity index (χ0v) is 14.2. The van der Waals surface area contributed by atoms with E-state index in [-0.39, 0.29) is 11.8 Å². The van der Waals surface area contributed by atoms with Gasteiger partial charge in [-0.3, -0.25) is 4.79 Å². The summed E-state index contributed by atoms with van der Waals surface area (Å²) >= 11 is 1.63. The maximum absolute atomic E-state index is 12.7. The molecule has 2 atom stereocenters. The quantitative estimate of drug-likeness (QED) is 0.882. The summed E-state index contributed by atoms with van der Waals surface area (Å²) in [7, 11) is 0. The van der Waals surface area contributed by atoms with Gasteiger partial charge in [-0.25, -0.2) is 4.79 Å². The molecule has 5 nitrogen and oxygen atoms in total. The van der Waals surface area contributed by atoms with Crippen LogP contribution in [0.3, 0.4) is 0 Å². The van der Waals surface area contributed by atoms with Crippen LogP contribution in [0.2, 0.25) is 0 Å². The van der Waals surface area contributed by atoms with Gasteiger partial charge in [-0.15, -0.1) is 11.8 Å². The van der Waals surface area contributed by atoms with E-state index in [4.69, 9.17) is 4.74 Å². The third-order valence-electron chi connectivity index (χ3n) is 4.60. The van der Waals surface area contributed by atoms with Crippen LogP contribution < -0.4 is 10.1 Å². The monoisotopic (exact) mass is 355 g/mol. The largest absolute Gasteiger partial charge is 0.493 e. The normalized spacial score (nSPS) is 18.8. The Kier molecular flexibility index (Phi) is 4.13. The maximum Gasteiger partial charge on any atom is 0.330 e. The predicted molar refractivity (Wildman–Crippen MR) is 94.1 cm³/mol. The Balaban J connectivity index is 1.57. The fourth-order valence-corrected chi connectivity index (χ4v) is 4.53. The highest BCUT2D eigenvalue weighted by atomic mass is 32.2. The second kappa shape index (κ2) is 6.44. The van der Waals surface area contributed by atoms with Crippen molar-refractivity contribution in [1.82, 2.24) is 5.32 Å². The van der Waals surface area contributed by atoms with Gasteiger partial charge < -0.3 is 15.2 Å². The summed E-state index contributed by atoms with van der Waals surface area (Å²) < 4.78 is 5.46. The second-order valence-corrected chi connectivity index (χ2v) is 7.21. The van der Waals surface area contributed by atoms with E-state index in [9.17, 15) is 14.7 Å². The van der Waals surface area contributed by atoms with Crippen LogP contribution in [0, 0.1) is 0 Å². The number of carbonyl (C=O) groups excluding carboxylic acids is 1. The minimum Gasteiger partial charge on any atom is -0.493 e. The van der Waals surface area contributed by atoms with Crippen LogP contribution in [0.15, 0.2) is 47.4 Å². The zero-order valence-electron chi connectivity index (χ0n) is 13.4. The van der Waals surface area contributed by atoms with Gasteiger partial charge in [0.15, 0.2) is 6.04 Å². The van der Waals surface area contributed by atoms with Crippen molar-refractivity contribution in [2.24, 2.45) is 0 Å². The SMILES string of the molecule is O=C(NC(C(=O)O)c1ccc2c(c1)CCO2)C1CSc2ccccc21. The number of aliphatic carboxylic acids is 1. The molecule has 6 heteroatoms. The maximum atomic E-state index is 12.7. The van der Waals surface area contributed by atoms with E-state index >= 15 is 0 Å². The van der Waals surface area contributed by atoms with Crippen molar-refractivity contribution >= 4 is 23.6 Å². The molecule has 0 aliphatic carbocycles. The van der Waals surface area contributed by atoms with E-state index in [1.807, 2.05) is 30.3 Å². The van der Waals surface area contributed by atoms with Crippen molar-refractivity contribution < 1.29 is 19.4 Å². The summed E-state index contributed by atoms with van der Waals surface area (Å²) in [6, 6.07) is 12.0. The van der Waals surface area contributed by atoms with Crippen molar-refractivity contribution in [2.45, 2.75) is 23.3 Å². The van der Waals surface area contributed by atoms with E-state index in [0.29, 0.717) is 17.9 Å². The van der Waals surface area contributed by atoms with E-state index in [1.165, 1.54) is 0 Å². The molecule has 2 aliphatic heterocycles. The van der Waals surface area contributed by atoms with Gasteiger partial charge in [0.05, 0.1) is 12.5 Å². The first-order chi connectivity index (χ1) is 12.1. The molecule has 25 heavy (non-hydrogen) atoms. The lowest BCUT2D eigenvalue weighted by molar-refractivity contribution is -0.142. The van der Waals surface area contributed by atoms with Crippen molar-refractivity contribution in [3.8, 4) is 5.75 Å². The molecule has 0 radical (unpaired) electrons. The van der Waals surface area contributed by atoms with Crippen molar-refractivity contribution in [3.05, 3.63) is 59.2 Å². The number of benzene rings is 2. The summed E-state index contributed by atoms with van der Waals surface area (Å²) in [6.45, 7) is 0.610. The van der Waals surface area contributed by atoms with Crippen LogP contribution in [0.5, 0.6) is 5.75 Å². The first-order valence-electron chi connectivity index (χ1n) is 8.14. The minimum absolute atomic E-state index is 0.249. The molecule has 0 spiro atoms. The van der Waals surface area contributed by atoms with Crippen molar-refractivity contribution in [1.29, 1.82) is 0 Å². The van der Waals surface area contributed by atoms with Gasteiger partial charge >= 0.3 is 5.97 Å². The third kappa shape index (κ3) is 2.98. The smallest absolute Gasteiger partial charge is 0.330 e. The molecule has 0 saturated heterocycles. The Morgan fingerprint density at radius 3 is 2.92 bits per heavy atom. The number of amides is 1. The highest BCUT2D eigenvalue weighted by Crippen LogP contribution is 2.39. The molecule has 2 unspecified atom stereocenters. The van der Waals surface area contributed by atoms with Crippen LogP contribution >= 0.6 is 11.8 Å². The van der Waals surface area contributed by atoms with Gasteiger partial charge in [0.1, 0.15) is 5.75 Å². The van der Waals surface area contributed by atoms with E-state index in [2.05, 4.69) is 5.32 Å². The van der Waals surface area contributed by atoms with E-state index in [1.54, 1.807) is 23.9 Å². The fraction of sp³-hybridized carbons (Fsp3) is 0.263. The van der Waals surface area contributed by atoms with Gasteiger partial charge in [0.2, 0.25) is 5.91 Å². The molecule has 128 valence electrons. The molecule has 2 aliphatic rings. The number of carbonyl (C=O) groups is 2. The molecule has 2 heterocycles. The minimum atomic E-state index is -1.06. The molecular formula is C19H17NO4S. The van der Waals surface area contributed by atoms with E-state index in [0.717, 1.165) is 28.2 Å². The highest BCUT2D eigenvalue weighted by molar-refractivity contribution is 7.99. The number of rotatable bonds is 4. The average Bonchev–Trinajstić information content (AvgIpc) is 3.25. The number of fused-ring (bicyclic) bond motifs is 2. The first-order valence-corrected chi connectivity index (χ1v) is 9.12. The van der Waals surface area contributed by atoms with Crippen LogP contribution in [0.25, 0.3) is 0 Å². The van der Waals surface area contributed by atoms with Crippen LogP contribution in [0.4, 0.5) is 0 Å². The predicted octanol–water partition coefficient (Wildman–Crippen LogP) is 2.75. The summed E-state index contributed by atoms with van der Waals surface area (Å²) in [4.78, 5) is 25.5. The molecule has 0 fully saturated rings. The van der Waals surface area contributed by atoms with Gasteiger partial charge in [-0.1, -0.05) is 24.3 Å². The Hall–Kier alpha value is -2.47. The van der Waals surface area contributed by atoms with Gasteiger partial charge in [0, 0.05) is 17.1 Å². The van der Waals surface area contributed by atoms with Crippen molar-refractivity contribution in [3.63, 3.8) is 0 Å². The summed E-state index contributed by atoms with van der Waals surface area (Å²) in [5, 5.41) is 12.3. The summed E-state index contributed by atoms with van der Waals surface area (Å²) in [5.74, 6) is -0.205. The first kappa shape index (κ1) is 16.0. The Morgan fingerprint density at radius 2 is 2.08 bits per heavy atom. The number of carboxylic acid groups (broad SMARTS) is 1. The molecular weight excluding hydrogens is 338 g/mol. The van der Waals surface area contributed by atoms with Gasteiger partial charge in [-0.05, 0) is 34.9 Å². The lowest BCUT2D eigenvalue weighted by Crippen LogP contribution is -2.37. The molecule has 4 rings (SSSR count). The lowest BCUT2D eigenvalue weighted by Gasteiger charge is -2.18. The molecule has 0 saturated carbocycles. The lowest BCUT2D eigenvalue weighted by atomic mass is 9.98. The Morgan fingerprint density at radius 1 is 1.24 bits per heavy atom. The Bertz CT molecular complexity index is 851. The molecule has 2 N–H and O–H groups in total. The number of nitrogens with one attached hydrogen (secondary N) is 1. The summed E-state index contributed by atoms with van der Waals surface area (Å²) in [5.41, 5.74) is 2.53. The van der Waals surface area contributed by atoms with Gasteiger partial charge in [0.25, 0.3) is 0 Å². The van der Waals surface area contributed by atoms with Crippen LogP contribution in [0.1, 0.15) is 28.7 Å². The topological polar surface area (TPSA) is 75.6 Å². The zero-order chi connectivity index (χ0) is 17.4. The second-order valence-electron chi connectivity index (χ2n) is 6.15. The average molecular weight is 355 g/mol.